The first-order valence-corrected chi connectivity index (χ1v) is 10.5. The molecule has 3 aromatic rings. The van der Waals surface area contributed by atoms with E-state index in [9.17, 15) is 4.79 Å². The number of aryl methyl sites for hydroxylation is 2. The van der Waals surface area contributed by atoms with Gasteiger partial charge in [0.2, 0.25) is 5.28 Å². The second kappa shape index (κ2) is 9.79. The van der Waals surface area contributed by atoms with E-state index < -0.39 is 11.7 Å². The summed E-state index contributed by atoms with van der Waals surface area (Å²) in [5.41, 5.74) is 3.55. The van der Waals surface area contributed by atoms with Crippen molar-refractivity contribution >= 4 is 34.9 Å². The van der Waals surface area contributed by atoms with Crippen LogP contribution in [0.4, 0.5) is 22.0 Å². The molecule has 0 bridgehead atoms. The molecule has 1 heterocycles. The Morgan fingerprint density at radius 2 is 1.74 bits per heavy atom. The molecule has 0 atom stereocenters. The molecule has 0 unspecified atom stereocenters. The molecule has 1 amide bonds. The lowest BCUT2D eigenvalue weighted by Gasteiger charge is -2.20. The van der Waals surface area contributed by atoms with Gasteiger partial charge in [-0.1, -0.05) is 24.3 Å². The summed E-state index contributed by atoms with van der Waals surface area (Å²) in [6, 6.07) is 18.0. The number of amides is 1. The van der Waals surface area contributed by atoms with Crippen molar-refractivity contribution in [3.63, 3.8) is 0 Å². The molecule has 31 heavy (non-hydrogen) atoms. The zero-order valence-electron chi connectivity index (χ0n) is 18.2. The standard InChI is InChI=1S/C24H27ClN4O2/c1-24(2,3)31-23(30)27-19-9-5-7-17(15-19)11-12-18-8-6-10-20(16-18)29(4)21-13-14-26-22(25)28-21/h5-10,13-16H,11-12H2,1-4H3,(H,27,30). The van der Waals surface area contributed by atoms with E-state index in [-0.39, 0.29) is 5.28 Å². The van der Waals surface area contributed by atoms with Gasteiger partial charge in [-0.05, 0) is 86.7 Å². The van der Waals surface area contributed by atoms with Crippen LogP contribution in [-0.2, 0) is 17.6 Å². The molecule has 0 saturated carbocycles. The van der Waals surface area contributed by atoms with Crippen LogP contribution in [0.25, 0.3) is 0 Å². The van der Waals surface area contributed by atoms with Crippen molar-refractivity contribution in [1.82, 2.24) is 9.97 Å². The topological polar surface area (TPSA) is 67.4 Å². The Bertz CT molecular complexity index is 1050. The molecular weight excluding hydrogens is 412 g/mol. The number of halogens is 1. The van der Waals surface area contributed by atoms with Crippen molar-refractivity contribution in [1.29, 1.82) is 0 Å². The molecule has 0 radical (unpaired) electrons. The maximum absolute atomic E-state index is 12.0. The van der Waals surface area contributed by atoms with Gasteiger partial charge in [-0.25, -0.2) is 14.8 Å². The number of benzene rings is 2. The number of hydrogen-bond acceptors (Lipinski definition) is 5. The molecule has 0 aliphatic rings. The molecule has 162 valence electrons. The zero-order valence-corrected chi connectivity index (χ0v) is 19.0. The second-order valence-corrected chi connectivity index (χ2v) is 8.58. The molecule has 0 spiro atoms. The lowest BCUT2D eigenvalue weighted by Crippen LogP contribution is -2.27. The average Bonchev–Trinajstić information content (AvgIpc) is 2.71. The number of nitrogens with zero attached hydrogens (tertiary/aromatic N) is 3. The van der Waals surface area contributed by atoms with Gasteiger partial charge in [0.1, 0.15) is 11.4 Å². The number of carbonyl (C=O) groups excluding carboxylic acids is 1. The number of aromatic nitrogens is 2. The molecule has 0 fully saturated rings. The fraction of sp³-hybridized carbons (Fsp3) is 0.292. The van der Waals surface area contributed by atoms with E-state index in [1.54, 1.807) is 6.20 Å². The van der Waals surface area contributed by atoms with Crippen LogP contribution in [0.15, 0.2) is 60.8 Å². The highest BCUT2D eigenvalue weighted by Crippen LogP contribution is 2.24. The van der Waals surface area contributed by atoms with E-state index in [2.05, 4.69) is 33.5 Å². The minimum Gasteiger partial charge on any atom is -0.444 e. The summed E-state index contributed by atoms with van der Waals surface area (Å²) >= 11 is 5.92. The summed E-state index contributed by atoms with van der Waals surface area (Å²) < 4.78 is 5.32. The van der Waals surface area contributed by atoms with Crippen LogP contribution in [0.3, 0.4) is 0 Å². The minimum absolute atomic E-state index is 0.223. The van der Waals surface area contributed by atoms with Crippen LogP contribution in [0, 0.1) is 0 Å². The normalized spacial score (nSPS) is 11.1. The summed E-state index contributed by atoms with van der Waals surface area (Å²) in [6.45, 7) is 5.52. The minimum atomic E-state index is -0.531. The Balaban J connectivity index is 1.64. The van der Waals surface area contributed by atoms with Crippen molar-refractivity contribution in [3.05, 3.63) is 77.2 Å². The molecule has 2 aromatic carbocycles. The van der Waals surface area contributed by atoms with Gasteiger partial charge in [0.25, 0.3) is 0 Å². The van der Waals surface area contributed by atoms with Crippen molar-refractivity contribution in [2.75, 3.05) is 17.3 Å². The molecule has 1 N–H and O–H groups in total. The Kier molecular flexibility index (Phi) is 7.13. The number of hydrogen-bond donors (Lipinski definition) is 1. The lowest BCUT2D eigenvalue weighted by molar-refractivity contribution is 0.0636. The van der Waals surface area contributed by atoms with Crippen molar-refractivity contribution in [2.24, 2.45) is 0 Å². The predicted molar refractivity (Wildman–Crippen MR) is 125 cm³/mol. The van der Waals surface area contributed by atoms with E-state index in [0.717, 1.165) is 35.6 Å². The maximum atomic E-state index is 12.0. The SMILES string of the molecule is CN(c1cccc(CCc2cccc(NC(=O)OC(C)(C)C)c2)c1)c1ccnc(Cl)n1. The van der Waals surface area contributed by atoms with Gasteiger partial charge in [-0.15, -0.1) is 0 Å². The predicted octanol–water partition coefficient (Wildman–Crippen LogP) is 6.03. The highest BCUT2D eigenvalue weighted by Gasteiger charge is 2.16. The average molecular weight is 439 g/mol. The van der Waals surface area contributed by atoms with Gasteiger partial charge in [-0.3, -0.25) is 5.32 Å². The summed E-state index contributed by atoms with van der Waals surface area (Å²) in [6.07, 6.45) is 2.90. The molecular formula is C24H27ClN4O2. The Morgan fingerprint density at radius 1 is 1.06 bits per heavy atom. The van der Waals surface area contributed by atoms with E-state index in [1.807, 2.05) is 69.1 Å². The smallest absolute Gasteiger partial charge is 0.412 e. The van der Waals surface area contributed by atoms with Crippen LogP contribution < -0.4 is 10.2 Å². The molecule has 0 aliphatic heterocycles. The molecule has 6 nitrogen and oxygen atoms in total. The third kappa shape index (κ3) is 6.96. The maximum Gasteiger partial charge on any atom is 0.412 e. The lowest BCUT2D eigenvalue weighted by atomic mass is 10.0. The largest absolute Gasteiger partial charge is 0.444 e. The third-order valence-corrected chi connectivity index (χ3v) is 4.71. The number of ether oxygens (including phenoxy) is 1. The summed E-state index contributed by atoms with van der Waals surface area (Å²) in [4.78, 5) is 22.2. The van der Waals surface area contributed by atoms with Gasteiger partial charge in [0, 0.05) is 24.6 Å². The monoisotopic (exact) mass is 438 g/mol. The van der Waals surface area contributed by atoms with Gasteiger partial charge < -0.3 is 9.64 Å². The summed E-state index contributed by atoms with van der Waals surface area (Å²) in [5, 5.41) is 3.02. The van der Waals surface area contributed by atoms with E-state index in [0.29, 0.717) is 0 Å². The Morgan fingerprint density at radius 3 is 2.42 bits per heavy atom. The Labute approximate surface area is 188 Å². The zero-order chi connectivity index (χ0) is 22.4. The van der Waals surface area contributed by atoms with E-state index in [4.69, 9.17) is 16.3 Å². The quantitative estimate of drug-likeness (QED) is 0.476. The van der Waals surface area contributed by atoms with Gasteiger partial charge in [0.15, 0.2) is 0 Å². The summed E-state index contributed by atoms with van der Waals surface area (Å²) in [5.74, 6) is 0.734. The molecule has 0 saturated heterocycles. The van der Waals surface area contributed by atoms with Gasteiger partial charge in [0.05, 0.1) is 0 Å². The van der Waals surface area contributed by atoms with Crippen LogP contribution in [0.1, 0.15) is 31.9 Å². The fourth-order valence-electron chi connectivity index (χ4n) is 3.08. The Hall–Kier alpha value is -3.12. The molecule has 3 rings (SSSR count). The van der Waals surface area contributed by atoms with E-state index in [1.165, 1.54) is 5.56 Å². The highest BCUT2D eigenvalue weighted by atomic mass is 35.5. The number of nitrogens with one attached hydrogen (secondary N) is 1. The summed E-state index contributed by atoms with van der Waals surface area (Å²) in [7, 11) is 1.95. The molecule has 7 heteroatoms. The van der Waals surface area contributed by atoms with Crippen LogP contribution in [-0.4, -0.2) is 28.7 Å². The van der Waals surface area contributed by atoms with Crippen molar-refractivity contribution in [3.8, 4) is 0 Å². The number of anilines is 3. The van der Waals surface area contributed by atoms with Crippen LogP contribution >= 0.6 is 11.6 Å². The van der Waals surface area contributed by atoms with Crippen molar-refractivity contribution < 1.29 is 9.53 Å². The number of rotatable bonds is 6. The first-order chi connectivity index (χ1) is 14.7. The first-order valence-electron chi connectivity index (χ1n) is 10.1. The van der Waals surface area contributed by atoms with Crippen molar-refractivity contribution in [2.45, 2.75) is 39.2 Å². The number of carbonyl (C=O) groups is 1. The van der Waals surface area contributed by atoms with Gasteiger partial charge >= 0.3 is 6.09 Å². The highest BCUT2D eigenvalue weighted by molar-refractivity contribution is 6.28. The fourth-order valence-corrected chi connectivity index (χ4v) is 3.22. The van der Waals surface area contributed by atoms with Crippen LogP contribution in [0.5, 0.6) is 0 Å². The molecule has 0 aliphatic carbocycles. The van der Waals surface area contributed by atoms with Crippen LogP contribution in [0.2, 0.25) is 5.28 Å². The molecule has 1 aromatic heterocycles. The van der Waals surface area contributed by atoms with E-state index >= 15 is 0 Å². The second-order valence-electron chi connectivity index (χ2n) is 8.24. The van der Waals surface area contributed by atoms with Gasteiger partial charge in [-0.2, -0.15) is 0 Å². The first kappa shape index (κ1) is 22.6. The third-order valence-electron chi connectivity index (χ3n) is 4.53.